The van der Waals surface area contributed by atoms with E-state index in [1.165, 1.54) is 11.8 Å². The van der Waals surface area contributed by atoms with E-state index in [4.69, 9.17) is 0 Å². The van der Waals surface area contributed by atoms with Crippen LogP contribution in [0.1, 0.15) is 26.5 Å². The summed E-state index contributed by atoms with van der Waals surface area (Å²) >= 11 is 1.39. The molecule has 1 aromatic heterocycles. The monoisotopic (exact) mass is 337 g/mol. The molecule has 0 fully saturated rings. The third-order valence-electron chi connectivity index (χ3n) is 3.33. The lowest BCUT2D eigenvalue weighted by molar-refractivity contribution is -0.127. The highest BCUT2D eigenvalue weighted by Crippen LogP contribution is 2.29. The summed E-state index contributed by atoms with van der Waals surface area (Å²) in [7, 11) is 0. The number of carboxylic acid groups (broad SMARTS) is 1. The molecule has 0 spiro atoms. The second-order valence-electron chi connectivity index (χ2n) is 6.30. The Bertz CT molecular complexity index is 655. The molecule has 0 saturated heterocycles. The molecule has 23 heavy (non-hydrogen) atoms. The minimum Gasteiger partial charge on any atom is -0.465 e. The van der Waals surface area contributed by atoms with Gasteiger partial charge in [-0.25, -0.2) is 9.78 Å². The van der Waals surface area contributed by atoms with Gasteiger partial charge >= 0.3 is 6.09 Å². The number of anilines is 1. The lowest BCUT2D eigenvalue weighted by Crippen LogP contribution is -2.38. The lowest BCUT2D eigenvalue weighted by atomic mass is 9.90. The minimum absolute atomic E-state index is 0.00896. The van der Waals surface area contributed by atoms with Crippen LogP contribution in [0.15, 0.2) is 17.0 Å². The van der Waals surface area contributed by atoms with E-state index in [0.29, 0.717) is 17.3 Å². The first-order chi connectivity index (χ1) is 10.7. The molecule has 2 amide bonds. The van der Waals surface area contributed by atoms with Gasteiger partial charge in [-0.2, -0.15) is 0 Å². The van der Waals surface area contributed by atoms with Crippen LogP contribution in [-0.4, -0.2) is 45.1 Å². The van der Waals surface area contributed by atoms with Crippen molar-refractivity contribution >= 4 is 35.4 Å². The molecule has 0 saturated carbocycles. The molecule has 0 radical (unpaired) electrons. The van der Waals surface area contributed by atoms with Gasteiger partial charge in [-0.1, -0.05) is 20.8 Å². The van der Waals surface area contributed by atoms with Crippen molar-refractivity contribution in [2.75, 3.05) is 17.6 Å². The normalized spacial score (nSPS) is 14.0. The molecule has 0 aliphatic carbocycles. The maximum Gasteiger partial charge on any atom is 0.408 e. The first-order valence-electron chi connectivity index (χ1n) is 7.10. The highest BCUT2D eigenvalue weighted by Gasteiger charge is 2.26. The maximum atomic E-state index is 12.1. The van der Waals surface area contributed by atoms with Crippen LogP contribution in [0.25, 0.3) is 0 Å². The predicted octanol–water partition coefficient (Wildman–Crippen LogP) is 2.22. The summed E-state index contributed by atoms with van der Waals surface area (Å²) in [5, 5.41) is 12.0. The fourth-order valence-corrected chi connectivity index (χ4v) is 2.65. The summed E-state index contributed by atoms with van der Waals surface area (Å²) in [4.78, 5) is 41.0. The number of hydrogen-bond donors (Lipinski definition) is 2. The Labute approximate surface area is 138 Å². The third-order valence-corrected chi connectivity index (χ3v) is 4.37. The van der Waals surface area contributed by atoms with Crippen molar-refractivity contribution in [3.8, 4) is 0 Å². The number of hydrogen-bond acceptors (Lipinski definition) is 5. The van der Waals surface area contributed by atoms with Crippen LogP contribution in [0, 0.1) is 5.41 Å². The summed E-state index contributed by atoms with van der Waals surface area (Å²) in [5.74, 6) is 0.484. The van der Waals surface area contributed by atoms with Gasteiger partial charge in [-0.3, -0.25) is 14.5 Å². The Balaban J connectivity index is 2.14. The van der Waals surface area contributed by atoms with Crippen LogP contribution >= 0.6 is 11.8 Å². The van der Waals surface area contributed by atoms with E-state index in [-0.39, 0.29) is 24.8 Å². The summed E-state index contributed by atoms with van der Waals surface area (Å²) < 4.78 is 0. The van der Waals surface area contributed by atoms with E-state index < -0.39 is 11.5 Å². The number of nitrogens with one attached hydrogen (secondary N) is 1. The van der Waals surface area contributed by atoms with E-state index in [9.17, 15) is 19.5 Å². The van der Waals surface area contributed by atoms with Gasteiger partial charge in [-0.05, 0) is 12.1 Å². The number of thioether (sulfide) groups is 1. The second kappa shape index (κ2) is 6.57. The number of pyridine rings is 1. The number of fused-ring (bicyclic) bond motifs is 1. The maximum absolute atomic E-state index is 12.1. The van der Waals surface area contributed by atoms with Gasteiger partial charge in [0.2, 0.25) is 5.91 Å². The van der Waals surface area contributed by atoms with Crippen molar-refractivity contribution in [1.82, 2.24) is 9.88 Å². The van der Waals surface area contributed by atoms with Gasteiger partial charge < -0.3 is 10.4 Å². The van der Waals surface area contributed by atoms with E-state index in [1.54, 1.807) is 32.9 Å². The smallest absolute Gasteiger partial charge is 0.408 e. The Morgan fingerprint density at radius 2 is 2.09 bits per heavy atom. The van der Waals surface area contributed by atoms with Crippen LogP contribution in [0.2, 0.25) is 0 Å². The number of carbonyl (C=O) groups is 3. The molecular weight excluding hydrogens is 318 g/mol. The molecule has 0 atom stereocenters. The van der Waals surface area contributed by atoms with E-state index in [1.807, 2.05) is 0 Å². The molecule has 1 aliphatic rings. The summed E-state index contributed by atoms with van der Waals surface area (Å²) in [5.41, 5.74) is -0.127. The van der Waals surface area contributed by atoms with Gasteiger partial charge in [-0.15, -0.1) is 11.8 Å². The molecule has 8 heteroatoms. The first-order valence-corrected chi connectivity index (χ1v) is 8.09. The first kappa shape index (κ1) is 17.3. The number of carbonyl (C=O) groups excluding carboxylic acids is 2. The molecule has 2 heterocycles. The molecule has 0 bridgehead atoms. The molecule has 1 aromatic rings. The van der Waals surface area contributed by atoms with Crippen molar-refractivity contribution in [1.29, 1.82) is 0 Å². The Kier molecular flexibility index (Phi) is 4.93. The Morgan fingerprint density at radius 1 is 1.39 bits per heavy atom. The van der Waals surface area contributed by atoms with Crippen LogP contribution in [0.5, 0.6) is 0 Å². The Morgan fingerprint density at radius 3 is 2.70 bits per heavy atom. The van der Waals surface area contributed by atoms with Crippen LogP contribution in [0.3, 0.4) is 0 Å². The van der Waals surface area contributed by atoms with Gasteiger partial charge in [0, 0.05) is 5.41 Å². The van der Waals surface area contributed by atoms with Gasteiger partial charge in [0.15, 0.2) is 5.78 Å². The van der Waals surface area contributed by atoms with E-state index >= 15 is 0 Å². The summed E-state index contributed by atoms with van der Waals surface area (Å²) in [6, 6.07) is 3.51. The van der Waals surface area contributed by atoms with Gasteiger partial charge in [0.1, 0.15) is 5.82 Å². The van der Waals surface area contributed by atoms with Crippen LogP contribution < -0.4 is 5.32 Å². The Hall–Kier alpha value is -2.09. The minimum atomic E-state index is -1.18. The van der Waals surface area contributed by atoms with Crippen molar-refractivity contribution in [3.05, 3.63) is 17.8 Å². The molecule has 124 valence electrons. The second-order valence-corrected chi connectivity index (χ2v) is 7.32. The molecule has 0 aromatic carbocycles. The number of ketones is 1. The number of nitrogens with zero attached hydrogens (tertiary/aromatic N) is 2. The summed E-state index contributed by atoms with van der Waals surface area (Å²) in [6.45, 7) is 5.04. The lowest BCUT2D eigenvalue weighted by Gasteiger charge is -2.24. The molecule has 0 unspecified atom stereocenters. The topological polar surface area (TPSA) is 99.6 Å². The zero-order valence-corrected chi connectivity index (χ0v) is 14.1. The van der Waals surface area contributed by atoms with E-state index in [0.717, 1.165) is 9.80 Å². The number of Topliss-reactive ketones (excluding diaryl/α,β-unsaturated/α-hetero) is 1. The SMILES string of the molecule is CC(C)(C)C(=O)CN(Cc1ccc2c(n1)NC(=O)CS2)C(=O)O. The van der Waals surface area contributed by atoms with E-state index in [2.05, 4.69) is 10.3 Å². The average molecular weight is 337 g/mol. The molecule has 2 N–H and O–H groups in total. The molecule has 7 nitrogen and oxygen atoms in total. The molecule has 2 rings (SSSR count). The standard InChI is InChI=1S/C15H19N3O4S/c1-15(2,3)11(19)7-18(14(21)22)6-9-4-5-10-13(16-9)17-12(20)8-23-10/h4-5H,6-8H2,1-3H3,(H,21,22)(H,16,17,20). The molecule has 1 aliphatic heterocycles. The van der Waals surface area contributed by atoms with Crippen LogP contribution in [0.4, 0.5) is 10.6 Å². The number of aromatic nitrogens is 1. The van der Waals surface area contributed by atoms with Crippen LogP contribution in [-0.2, 0) is 16.1 Å². The zero-order chi connectivity index (χ0) is 17.2. The average Bonchev–Trinajstić information content (AvgIpc) is 2.44. The van der Waals surface area contributed by atoms with Gasteiger partial charge in [0.05, 0.1) is 29.4 Å². The fourth-order valence-electron chi connectivity index (χ4n) is 1.89. The molecular formula is C15H19N3O4S. The highest BCUT2D eigenvalue weighted by molar-refractivity contribution is 8.00. The van der Waals surface area contributed by atoms with Gasteiger partial charge in [0.25, 0.3) is 0 Å². The fraction of sp³-hybridized carbons (Fsp3) is 0.467. The van der Waals surface area contributed by atoms with Crippen molar-refractivity contribution in [2.45, 2.75) is 32.2 Å². The quantitative estimate of drug-likeness (QED) is 0.874. The number of rotatable bonds is 4. The zero-order valence-electron chi connectivity index (χ0n) is 13.3. The largest absolute Gasteiger partial charge is 0.465 e. The highest BCUT2D eigenvalue weighted by atomic mass is 32.2. The van der Waals surface area contributed by atoms with Crippen molar-refractivity contribution in [3.63, 3.8) is 0 Å². The summed E-state index contributed by atoms with van der Waals surface area (Å²) in [6.07, 6.45) is -1.18. The predicted molar refractivity (Wildman–Crippen MR) is 86.5 cm³/mol. The number of amides is 2. The van der Waals surface area contributed by atoms with Crippen molar-refractivity contribution in [2.24, 2.45) is 5.41 Å². The third kappa shape index (κ3) is 4.44. The van der Waals surface area contributed by atoms with Crippen molar-refractivity contribution < 1.29 is 19.5 Å².